The summed E-state index contributed by atoms with van der Waals surface area (Å²) in [6.07, 6.45) is 0. The molecule has 0 saturated carbocycles. The SMILES string of the molecule is CN(C(=O)c1ccc(Br)s1)C(c1ccccc1)c1ccc(F)cc1. The number of rotatable bonds is 4. The zero-order chi connectivity index (χ0) is 17.1. The van der Waals surface area contributed by atoms with E-state index in [2.05, 4.69) is 15.9 Å². The molecule has 2 aromatic carbocycles. The summed E-state index contributed by atoms with van der Waals surface area (Å²) in [6, 6.07) is 19.4. The molecule has 122 valence electrons. The van der Waals surface area contributed by atoms with Gasteiger partial charge >= 0.3 is 0 Å². The van der Waals surface area contributed by atoms with Crippen LogP contribution in [-0.2, 0) is 0 Å². The number of amides is 1. The second kappa shape index (κ2) is 7.28. The van der Waals surface area contributed by atoms with Crippen LogP contribution in [0.3, 0.4) is 0 Å². The largest absolute Gasteiger partial charge is 0.330 e. The summed E-state index contributed by atoms with van der Waals surface area (Å²) in [5.74, 6) is -0.356. The van der Waals surface area contributed by atoms with E-state index in [4.69, 9.17) is 0 Å². The third-order valence-corrected chi connectivity index (χ3v) is 5.40. The number of thiophene rings is 1. The zero-order valence-corrected chi connectivity index (χ0v) is 15.4. The molecule has 0 aliphatic rings. The summed E-state index contributed by atoms with van der Waals surface area (Å²) in [7, 11) is 1.77. The van der Waals surface area contributed by atoms with Gasteiger partial charge in [0.15, 0.2) is 0 Å². The summed E-state index contributed by atoms with van der Waals surface area (Å²) < 4.78 is 14.2. The smallest absolute Gasteiger partial charge is 0.264 e. The van der Waals surface area contributed by atoms with Crippen molar-refractivity contribution in [2.24, 2.45) is 0 Å². The fourth-order valence-corrected chi connectivity index (χ4v) is 4.01. The van der Waals surface area contributed by atoms with E-state index in [0.717, 1.165) is 14.9 Å². The molecule has 0 N–H and O–H groups in total. The molecule has 0 aliphatic heterocycles. The van der Waals surface area contributed by atoms with Gasteiger partial charge in [0.05, 0.1) is 14.7 Å². The molecular formula is C19H15BrFNOS. The molecule has 0 fully saturated rings. The molecule has 3 aromatic rings. The van der Waals surface area contributed by atoms with Crippen LogP contribution in [-0.4, -0.2) is 17.9 Å². The minimum Gasteiger partial charge on any atom is -0.330 e. The maximum atomic E-state index is 13.3. The molecule has 3 rings (SSSR count). The molecule has 24 heavy (non-hydrogen) atoms. The minimum atomic E-state index is -0.290. The van der Waals surface area contributed by atoms with E-state index < -0.39 is 0 Å². The Hall–Kier alpha value is -1.98. The van der Waals surface area contributed by atoms with Gasteiger partial charge in [-0.3, -0.25) is 4.79 Å². The topological polar surface area (TPSA) is 20.3 Å². The summed E-state index contributed by atoms with van der Waals surface area (Å²) in [6.45, 7) is 0. The lowest BCUT2D eigenvalue weighted by Crippen LogP contribution is -2.31. The van der Waals surface area contributed by atoms with Gasteiger partial charge in [0.2, 0.25) is 0 Å². The second-order valence-corrected chi connectivity index (χ2v) is 7.85. The van der Waals surface area contributed by atoms with Crippen molar-refractivity contribution >= 4 is 33.2 Å². The van der Waals surface area contributed by atoms with Crippen LogP contribution in [0.5, 0.6) is 0 Å². The number of carbonyl (C=O) groups excluding carboxylic acids is 1. The molecule has 1 atom stereocenters. The lowest BCUT2D eigenvalue weighted by Gasteiger charge is -2.29. The van der Waals surface area contributed by atoms with E-state index in [1.807, 2.05) is 36.4 Å². The summed E-state index contributed by atoms with van der Waals surface area (Å²) in [5.41, 5.74) is 1.85. The maximum Gasteiger partial charge on any atom is 0.264 e. The van der Waals surface area contributed by atoms with Crippen LogP contribution in [0.2, 0.25) is 0 Å². The standard InChI is InChI=1S/C19H15BrFNOS/c1-22(19(23)16-11-12-17(20)24-16)18(13-5-3-2-4-6-13)14-7-9-15(21)10-8-14/h2-12,18H,1H3. The summed E-state index contributed by atoms with van der Waals surface area (Å²) in [4.78, 5) is 15.2. The Kier molecular flexibility index (Phi) is 5.11. The maximum absolute atomic E-state index is 13.3. The Bertz CT molecular complexity index is 832. The van der Waals surface area contributed by atoms with Crippen molar-refractivity contribution < 1.29 is 9.18 Å². The first kappa shape index (κ1) is 16.9. The van der Waals surface area contributed by atoms with E-state index in [9.17, 15) is 9.18 Å². The molecule has 0 radical (unpaired) electrons. The highest BCUT2D eigenvalue weighted by molar-refractivity contribution is 9.11. The minimum absolute atomic E-state index is 0.0659. The van der Waals surface area contributed by atoms with Gasteiger partial charge in [0, 0.05) is 7.05 Å². The Morgan fingerprint density at radius 3 is 2.21 bits per heavy atom. The van der Waals surface area contributed by atoms with Crippen LogP contribution in [0.15, 0.2) is 70.5 Å². The predicted molar refractivity (Wildman–Crippen MR) is 98.8 cm³/mol. The fraction of sp³-hybridized carbons (Fsp3) is 0.105. The molecule has 0 bridgehead atoms. The van der Waals surface area contributed by atoms with Gasteiger partial charge in [0.25, 0.3) is 5.91 Å². The van der Waals surface area contributed by atoms with E-state index in [1.54, 1.807) is 30.1 Å². The molecule has 1 amide bonds. The second-order valence-electron chi connectivity index (χ2n) is 5.38. The normalized spacial score (nSPS) is 12.0. The Morgan fingerprint density at radius 1 is 1.00 bits per heavy atom. The van der Waals surface area contributed by atoms with Crippen molar-refractivity contribution in [3.63, 3.8) is 0 Å². The average Bonchev–Trinajstić information content (AvgIpc) is 3.03. The zero-order valence-electron chi connectivity index (χ0n) is 12.9. The van der Waals surface area contributed by atoms with Crippen LogP contribution in [0.1, 0.15) is 26.8 Å². The van der Waals surface area contributed by atoms with Gasteiger partial charge in [-0.15, -0.1) is 11.3 Å². The fourth-order valence-electron chi connectivity index (χ4n) is 2.64. The first-order valence-electron chi connectivity index (χ1n) is 7.39. The van der Waals surface area contributed by atoms with Gasteiger partial charge in [0.1, 0.15) is 5.82 Å². The number of nitrogens with zero attached hydrogens (tertiary/aromatic N) is 1. The molecule has 1 unspecified atom stereocenters. The number of benzene rings is 2. The Labute approximate surface area is 152 Å². The molecule has 1 heterocycles. The van der Waals surface area contributed by atoms with Crippen molar-refractivity contribution in [2.75, 3.05) is 7.05 Å². The predicted octanol–water partition coefficient (Wildman–Crippen LogP) is 5.51. The first-order valence-corrected chi connectivity index (χ1v) is 9.00. The highest BCUT2D eigenvalue weighted by Crippen LogP contribution is 2.31. The van der Waals surface area contributed by atoms with Crippen molar-refractivity contribution in [1.29, 1.82) is 0 Å². The summed E-state index contributed by atoms with van der Waals surface area (Å²) in [5, 5.41) is 0. The van der Waals surface area contributed by atoms with Crippen LogP contribution in [0.25, 0.3) is 0 Å². The monoisotopic (exact) mass is 403 g/mol. The Morgan fingerprint density at radius 2 is 1.62 bits per heavy atom. The molecule has 2 nitrogen and oxygen atoms in total. The average molecular weight is 404 g/mol. The number of hydrogen-bond acceptors (Lipinski definition) is 2. The van der Waals surface area contributed by atoms with Crippen LogP contribution in [0, 0.1) is 5.82 Å². The lowest BCUT2D eigenvalue weighted by molar-refractivity contribution is 0.0760. The van der Waals surface area contributed by atoms with Crippen LogP contribution >= 0.6 is 27.3 Å². The third-order valence-electron chi connectivity index (χ3n) is 3.79. The van der Waals surface area contributed by atoms with Crippen molar-refractivity contribution in [1.82, 2.24) is 4.90 Å². The quantitative estimate of drug-likeness (QED) is 0.562. The molecule has 1 aromatic heterocycles. The van der Waals surface area contributed by atoms with Gasteiger partial charge in [-0.2, -0.15) is 0 Å². The first-order chi connectivity index (χ1) is 11.6. The number of carbonyl (C=O) groups is 1. The molecule has 0 spiro atoms. The van der Waals surface area contributed by atoms with Crippen molar-refractivity contribution in [3.05, 3.63) is 92.3 Å². The van der Waals surface area contributed by atoms with E-state index in [0.29, 0.717) is 4.88 Å². The molecule has 0 aliphatic carbocycles. The number of hydrogen-bond donors (Lipinski definition) is 0. The van der Waals surface area contributed by atoms with E-state index in [1.165, 1.54) is 23.5 Å². The summed E-state index contributed by atoms with van der Waals surface area (Å²) >= 11 is 4.79. The molecule has 5 heteroatoms. The van der Waals surface area contributed by atoms with E-state index >= 15 is 0 Å². The highest BCUT2D eigenvalue weighted by atomic mass is 79.9. The van der Waals surface area contributed by atoms with Gasteiger partial charge < -0.3 is 4.90 Å². The molecular weight excluding hydrogens is 389 g/mol. The molecule has 0 saturated heterocycles. The van der Waals surface area contributed by atoms with Crippen molar-refractivity contribution in [2.45, 2.75) is 6.04 Å². The van der Waals surface area contributed by atoms with Crippen LogP contribution in [0.4, 0.5) is 4.39 Å². The third kappa shape index (κ3) is 3.57. The van der Waals surface area contributed by atoms with Crippen molar-refractivity contribution in [3.8, 4) is 0 Å². The van der Waals surface area contributed by atoms with Gasteiger partial charge in [-0.25, -0.2) is 4.39 Å². The van der Waals surface area contributed by atoms with Gasteiger partial charge in [-0.1, -0.05) is 42.5 Å². The van der Waals surface area contributed by atoms with E-state index in [-0.39, 0.29) is 17.8 Å². The number of halogens is 2. The van der Waals surface area contributed by atoms with Crippen LogP contribution < -0.4 is 0 Å². The van der Waals surface area contributed by atoms with Gasteiger partial charge in [-0.05, 0) is 51.3 Å². The lowest BCUT2D eigenvalue weighted by atomic mass is 9.97. The Balaban J connectivity index is 2.01. The highest BCUT2D eigenvalue weighted by Gasteiger charge is 2.25.